The van der Waals surface area contributed by atoms with Crippen LogP contribution in [-0.4, -0.2) is 24.4 Å². The van der Waals surface area contributed by atoms with Gasteiger partial charge in [0.15, 0.2) is 0 Å². The molecule has 33 heavy (non-hydrogen) atoms. The number of benzene rings is 3. The van der Waals surface area contributed by atoms with Crippen LogP contribution in [0.3, 0.4) is 0 Å². The Kier molecular flexibility index (Phi) is 6.50. The van der Waals surface area contributed by atoms with Gasteiger partial charge < -0.3 is 15.4 Å². The van der Waals surface area contributed by atoms with Crippen molar-refractivity contribution in [2.45, 2.75) is 38.1 Å². The van der Waals surface area contributed by atoms with Gasteiger partial charge >= 0.3 is 0 Å². The van der Waals surface area contributed by atoms with Crippen LogP contribution >= 0.6 is 0 Å². The summed E-state index contributed by atoms with van der Waals surface area (Å²) in [5.74, 6) is 1.49. The molecule has 5 nitrogen and oxygen atoms in total. The first kappa shape index (κ1) is 22.6. The molecule has 1 saturated carbocycles. The van der Waals surface area contributed by atoms with Gasteiger partial charge in [0.2, 0.25) is 5.91 Å². The van der Waals surface area contributed by atoms with Crippen LogP contribution in [0.1, 0.15) is 47.7 Å². The summed E-state index contributed by atoms with van der Waals surface area (Å²) in [4.78, 5) is 25.1. The molecular weight excluding hydrogens is 412 g/mol. The van der Waals surface area contributed by atoms with Crippen LogP contribution in [0.25, 0.3) is 0 Å². The van der Waals surface area contributed by atoms with Gasteiger partial charge in [0.25, 0.3) is 5.91 Å². The number of rotatable bonds is 8. The Morgan fingerprint density at radius 2 is 1.70 bits per heavy atom. The summed E-state index contributed by atoms with van der Waals surface area (Å²) in [5.41, 5.74) is 2.34. The summed E-state index contributed by atoms with van der Waals surface area (Å²) in [6.07, 6.45) is 1.56. The van der Waals surface area contributed by atoms with E-state index < -0.39 is 5.54 Å². The van der Waals surface area contributed by atoms with Crippen LogP contribution in [0, 0.1) is 5.92 Å². The molecule has 0 aliphatic heterocycles. The van der Waals surface area contributed by atoms with E-state index in [2.05, 4.69) is 28.8 Å². The minimum Gasteiger partial charge on any atom is -0.457 e. The van der Waals surface area contributed by atoms with Crippen molar-refractivity contribution in [3.63, 3.8) is 0 Å². The minimum absolute atomic E-state index is 0.0686. The Hall–Kier alpha value is -3.60. The molecular formula is C28H30N2O3. The first-order valence-electron chi connectivity index (χ1n) is 11.3. The first-order chi connectivity index (χ1) is 15.9. The molecule has 2 unspecified atom stereocenters. The summed E-state index contributed by atoms with van der Waals surface area (Å²) < 4.78 is 5.96. The number of ether oxygens (including phenoxy) is 1. The highest BCUT2D eigenvalue weighted by Gasteiger charge is 2.43. The fourth-order valence-electron chi connectivity index (χ4n) is 4.26. The Bertz CT molecular complexity index is 1140. The second kappa shape index (κ2) is 9.49. The van der Waals surface area contributed by atoms with Crippen LogP contribution in [0.15, 0.2) is 78.9 Å². The van der Waals surface area contributed by atoms with Gasteiger partial charge in [-0.05, 0) is 68.0 Å². The Morgan fingerprint density at radius 3 is 2.45 bits per heavy atom. The molecule has 0 radical (unpaired) electrons. The summed E-state index contributed by atoms with van der Waals surface area (Å²) in [5, 5.41) is 5.90. The fourth-order valence-corrected chi connectivity index (χ4v) is 4.26. The highest BCUT2D eigenvalue weighted by molar-refractivity contribution is 5.97. The SMILES string of the molecule is CNC(=O)C1CC1c1cccc(CC(C)(C)NC(=O)c2ccccc2Oc2ccccc2)c1. The zero-order valence-corrected chi connectivity index (χ0v) is 19.3. The maximum Gasteiger partial charge on any atom is 0.255 e. The second-order valence-corrected chi connectivity index (χ2v) is 9.23. The zero-order valence-electron chi connectivity index (χ0n) is 19.3. The van der Waals surface area contributed by atoms with Crippen molar-refractivity contribution in [2.75, 3.05) is 7.05 Å². The van der Waals surface area contributed by atoms with E-state index in [9.17, 15) is 9.59 Å². The molecule has 1 aliphatic rings. The maximum absolute atomic E-state index is 13.2. The van der Waals surface area contributed by atoms with E-state index in [1.165, 1.54) is 5.56 Å². The average molecular weight is 443 g/mol. The molecule has 0 saturated heterocycles. The first-order valence-corrected chi connectivity index (χ1v) is 11.3. The Morgan fingerprint density at radius 1 is 0.970 bits per heavy atom. The molecule has 3 aromatic rings. The standard InChI is InChI=1S/C28H30N2O3/c1-28(2,18-19-10-9-11-20(16-19)23-17-24(23)26(31)29-3)30-27(32)22-14-7-8-15-25(22)33-21-12-5-4-6-13-21/h4-16,23-24H,17-18H2,1-3H3,(H,29,31)(H,30,32). The summed E-state index contributed by atoms with van der Waals surface area (Å²) in [6, 6.07) is 25.1. The molecule has 3 aromatic carbocycles. The predicted octanol–water partition coefficient (Wildman–Crippen LogP) is 5.08. The molecule has 1 aliphatic carbocycles. The third kappa shape index (κ3) is 5.61. The van der Waals surface area contributed by atoms with Crippen molar-refractivity contribution in [3.8, 4) is 11.5 Å². The number of hydrogen-bond donors (Lipinski definition) is 2. The molecule has 1 fully saturated rings. The highest BCUT2D eigenvalue weighted by Crippen LogP contribution is 2.47. The molecule has 0 heterocycles. The molecule has 170 valence electrons. The molecule has 2 N–H and O–H groups in total. The van der Waals surface area contributed by atoms with Gasteiger partial charge in [0.05, 0.1) is 5.56 Å². The Labute approximate surface area is 195 Å². The molecule has 0 bridgehead atoms. The molecule has 2 amide bonds. The smallest absolute Gasteiger partial charge is 0.255 e. The van der Waals surface area contributed by atoms with E-state index in [1.54, 1.807) is 19.2 Å². The maximum atomic E-state index is 13.2. The third-order valence-electron chi connectivity index (χ3n) is 5.95. The van der Waals surface area contributed by atoms with Crippen molar-refractivity contribution >= 4 is 11.8 Å². The van der Waals surface area contributed by atoms with Gasteiger partial charge in [-0.2, -0.15) is 0 Å². The quantitative estimate of drug-likeness (QED) is 0.511. The van der Waals surface area contributed by atoms with E-state index in [0.29, 0.717) is 23.5 Å². The van der Waals surface area contributed by atoms with E-state index >= 15 is 0 Å². The molecule has 5 heteroatoms. The van der Waals surface area contributed by atoms with Crippen LogP contribution in [0.2, 0.25) is 0 Å². The summed E-state index contributed by atoms with van der Waals surface area (Å²) in [7, 11) is 1.68. The van der Waals surface area contributed by atoms with E-state index in [-0.39, 0.29) is 23.7 Å². The number of hydrogen-bond acceptors (Lipinski definition) is 3. The fraction of sp³-hybridized carbons (Fsp3) is 0.286. The van der Waals surface area contributed by atoms with Gasteiger partial charge in [-0.25, -0.2) is 0 Å². The van der Waals surface area contributed by atoms with Crippen molar-refractivity contribution in [1.82, 2.24) is 10.6 Å². The lowest BCUT2D eigenvalue weighted by atomic mass is 9.92. The zero-order chi connectivity index (χ0) is 23.4. The van der Waals surface area contributed by atoms with E-state index in [1.807, 2.05) is 62.4 Å². The second-order valence-electron chi connectivity index (χ2n) is 9.23. The van der Waals surface area contributed by atoms with Crippen LogP contribution in [0.5, 0.6) is 11.5 Å². The normalized spacial score (nSPS) is 17.2. The lowest BCUT2D eigenvalue weighted by molar-refractivity contribution is -0.121. The number of amides is 2. The number of nitrogens with one attached hydrogen (secondary N) is 2. The third-order valence-corrected chi connectivity index (χ3v) is 5.95. The van der Waals surface area contributed by atoms with E-state index in [4.69, 9.17) is 4.74 Å². The van der Waals surface area contributed by atoms with Gasteiger partial charge in [-0.3, -0.25) is 9.59 Å². The predicted molar refractivity (Wildman–Crippen MR) is 130 cm³/mol. The van der Waals surface area contributed by atoms with Crippen LogP contribution in [-0.2, 0) is 11.2 Å². The minimum atomic E-state index is -0.473. The van der Waals surface area contributed by atoms with Gasteiger partial charge in [0.1, 0.15) is 11.5 Å². The number of para-hydroxylation sites is 2. The van der Waals surface area contributed by atoms with E-state index in [0.717, 1.165) is 12.0 Å². The van der Waals surface area contributed by atoms with Crippen molar-refractivity contribution in [2.24, 2.45) is 5.92 Å². The largest absolute Gasteiger partial charge is 0.457 e. The van der Waals surface area contributed by atoms with Crippen molar-refractivity contribution in [3.05, 3.63) is 95.6 Å². The topological polar surface area (TPSA) is 67.4 Å². The summed E-state index contributed by atoms with van der Waals surface area (Å²) >= 11 is 0. The van der Waals surface area contributed by atoms with Crippen molar-refractivity contribution < 1.29 is 14.3 Å². The Balaban J connectivity index is 1.44. The molecule has 0 spiro atoms. The van der Waals surface area contributed by atoms with Crippen LogP contribution in [0.4, 0.5) is 0 Å². The average Bonchev–Trinajstić information content (AvgIpc) is 3.60. The number of carbonyl (C=O) groups is 2. The highest BCUT2D eigenvalue weighted by atomic mass is 16.5. The molecule has 2 atom stereocenters. The van der Waals surface area contributed by atoms with Gasteiger partial charge in [-0.1, -0.05) is 54.6 Å². The molecule has 4 rings (SSSR count). The van der Waals surface area contributed by atoms with Gasteiger partial charge in [0, 0.05) is 18.5 Å². The van der Waals surface area contributed by atoms with Crippen LogP contribution < -0.4 is 15.4 Å². The van der Waals surface area contributed by atoms with Gasteiger partial charge in [-0.15, -0.1) is 0 Å². The monoisotopic (exact) mass is 442 g/mol. The van der Waals surface area contributed by atoms with Crippen molar-refractivity contribution in [1.29, 1.82) is 0 Å². The molecule has 0 aromatic heterocycles. The lowest BCUT2D eigenvalue weighted by Gasteiger charge is -2.27. The number of carbonyl (C=O) groups excluding carboxylic acids is 2. The summed E-state index contributed by atoms with van der Waals surface area (Å²) in [6.45, 7) is 4.03. The lowest BCUT2D eigenvalue weighted by Crippen LogP contribution is -2.45.